The van der Waals surface area contributed by atoms with E-state index in [0.29, 0.717) is 0 Å². The first kappa shape index (κ1) is 12.1. The summed E-state index contributed by atoms with van der Waals surface area (Å²) in [7, 11) is 0. The largest absolute Gasteiger partial charge is 0.479 e. The zero-order valence-electron chi connectivity index (χ0n) is 10.2. The molecule has 0 fully saturated rings. The van der Waals surface area contributed by atoms with Crippen molar-refractivity contribution < 1.29 is 15.0 Å². The quantitative estimate of drug-likeness (QED) is 0.839. The highest BCUT2D eigenvalue weighted by atomic mass is 16.4. The monoisotopic (exact) mass is 234 g/mol. The van der Waals surface area contributed by atoms with Crippen LogP contribution in [0, 0.1) is 0 Å². The predicted octanol–water partition coefficient (Wildman–Crippen LogP) is 1.90. The van der Waals surface area contributed by atoms with Crippen LogP contribution >= 0.6 is 0 Å². The number of fused-ring (bicyclic) bond motifs is 1. The molecule has 0 radical (unpaired) electrons. The fourth-order valence-corrected chi connectivity index (χ4v) is 2.44. The van der Waals surface area contributed by atoms with Gasteiger partial charge in [-0.25, -0.2) is 4.79 Å². The lowest BCUT2D eigenvalue weighted by Crippen LogP contribution is -2.39. The normalized spacial score (nSPS) is 16.6. The van der Waals surface area contributed by atoms with E-state index in [2.05, 4.69) is 12.1 Å². The Kier molecular flexibility index (Phi) is 2.96. The Morgan fingerprint density at radius 1 is 1.29 bits per heavy atom. The third-order valence-corrected chi connectivity index (χ3v) is 3.76. The molecule has 92 valence electrons. The van der Waals surface area contributed by atoms with Crippen molar-refractivity contribution in [3.8, 4) is 0 Å². The Morgan fingerprint density at radius 3 is 2.59 bits per heavy atom. The molecule has 3 heteroatoms. The molecule has 0 saturated carbocycles. The average molecular weight is 234 g/mol. The first-order valence-corrected chi connectivity index (χ1v) is 5.96. The van der Waals surface area contributed by atoms with E-state index in [4.69, 9.17) is 5.11 Å². The van der Waals surface area contributed by atoms with Gasteiger partial charge in [-0.15, -0.1) is 0 Å². The summed E-state index contributed by atoms with van der Waals surface area (Å²) in [6.45, 7) is 3.53. The summed E-state index contributed by atoms with van der Waals surface area (Å²) in [5.41, 5.74) is 2.79. The Balaban J connectivity index is 2.36. The number of aliphatic hydroxyl groups excluding tert-OH is 1. The molecule has 1 aromatic rings. The van der Waals surface area contributed by atoms with Gasteiger partial charge in [0.1, 0.15) is 0 Å². The summed E-state index contributed by atoms with van der Waals surface area (Å²) in [6, 6.07) is 6.05. The van der Waals surface area contributed by atoms with Crippen LogP contribution in [0.1, 0.15) is 37.0 Å². The van der Waals surface area contributed by atoms with Gasteiger partial charge in [-0.05, 0) is 36.0 Å². The van der Waals surface area contributed by atoms with Crippen molar-refractivity contribution in [2.24, 2.45) is 0 Å². The Bertz CT molecular complexity index is 449. The van der Waals surface area contributed by atoms with Crippen molar-refractivity contribution in [3.05, 3.63) is 34.9 Å². The van der Waals surface area contributed by atoms with E-state index in [1.807, 2.05) is 6.07 Å². The third kappa shape index (κ3) is 2.07. The first-order chi connectivity index (χ1) is 7.93. The van der Waals surface area contributed by atoms with Crippen LogP contribution in [-0.4, -0.2) is 22.3 Å². The van der Waals surface area contributed by atoms with Gasteiger partial charge in [0.15, 0.2) is 6.10 Å². The molecule has 1 atom stereocenters. The molecular formula is C14H18O3. The standard InChI is InChI=1S/C14H18O3/c1-14(2,12(15)13(16)17)11-7-6-9-4-3-5-10(9)8-11/h6-8,12,15H,3-5H2,1-2H3,(H,16,17). The molecule has 2 rings (SSSR count). The average Bonchev–Trinajstić information content (AvgIpc) is 2.74. The third-order valence-electron chi connectivity index (χ3n) is 3.76. The summed E-state index contributed by atoms with van der Waals surface area (Å²) in [4.78, 5) is 10.9. The molecule has 0 aromatic heterocycles. The minimum atomic E-state index is -1.37. The maximum absolute atomic E-state index is 10.9. The minimum Gasteiger partial charge on any atom is -0.479 e. The van der Waals surface area contributed by atoms with E-state index in [1.54, 1.807) is 13.8 Å². The van der Waals surface area contributed by atoms with E-state index in [9.17, 15) is 9.90 Å². The maximum atomic E-state index is 10.9. The number of benzene rings is 1. The molecular weight excluding hydrogens is 216 g/mol. The van der Waals surface area contributed by atoms with Crippen LogP contribution in [0.3, 0.4) is 0 Å². The van der Waals surface area contributed by atoms with Gasteiger partial charge in [0.05, 0.1) is 0 Å². The molecule has 0 spiro atoms. The molecule has 1 aromatic carbocycles. The van der Waals surface area contributed by atoms with Crippen LogP contribution < -0.4 is 0 Å². The molecule has 0 aliphatic heterocycles. The van der Waals surface area contributed by atoms with Crippen LogP contribution in [0.5, 0.6) is 0 Å². The van der Waals surface area contributed by atoms with Crippen molar-refractivity contribution in [2.75, 3.05) is 0 Å². The van der Waals surface area contributed by atoms with Crippen LogP contribution in [0.25, 0.3) is 0 Å². The Labute approximate surface area is 101 Å². The number of aliphatic carboxylic acids is 1. The van der Waals surface area contributed by atoms with Crippen molar-refractivity contribution in [1.29, 1.82) is 0 Å². The molecule has 2 N–H and O–H groups in total. The molecule has 3 nitrogen and oxygen atoms in total. The number of carbonyl (C=O) groups is 1. The minimum absolute atomic E-state index is 0.760. The van der Waals surface area contributed by atoms with Gasteiger partial charge in [0.25, 0.3) is 0 Å². The van der Waals surface area contributed by atoms with E-state index < -0.39 is 17.5 Å². The van der Waals surface area contributed by atoms with Crippen LogP contribution in [0.15, 0.2) is 18.2 Å². The number of carboxylic acids is 1. The van der Waals surface area contributed by atoms with Crippen LogP contribution in [0.4, 0.5) is 0 Å². The highest BCUT2D eigenvalue weighted by Gasteiger charge is 2.35. The van der Waals surface area contributed by atoms with E-state index >= 15 is 0 Å². The molecule has 0 heterocycles. The Hall–Kier alpha value is -1.35. The first-order valence-electron chi connectivity index (χ1n) is 5.96. The second-order valence-corrected chi connectivity index (χ2v) is 5.30. The lowest BCUT2D eigenvalue weighted by molar-refractivity contribution is -0.150. The van der Waals surface area contributed by atoms with Gasteiger partial charge >= 0.3 is 5.97 Å². The SMILES string of the molecule is CC(C)(c1ccc2c(c1)CCC2)C(O)C(=O)O. The highest BCUT2D eigenvalue weighted by Crippen LogP contribution is 2.31. The van der Waals surface area contributed by atoms with Crippen molar-refractivity contribution in [3.63, 3.8) is 0 Å². The number of carboxylic acid groups (broad SMARTS) is 1. The second-order valence-electron chi connectivity index (χ2n) is 5.30. The topological polar surface area (TPSA) is 57.5 Å². The molecule has 1 aliphatic carbocycles. The summed E-state index contributed by atoms with van der Waals surface area (Å²) < 4.78 is 0. The predicted molar refractivity (Wildman–Crippen MR) is 65.1 cm³/mol. The summed E-state index contributed by atoms with van der Waals surface area (Å²) >= 11 is 0. The molecule has 0 amide bonds. The molecule has 1 aliphatic rings. The van der Waals surface area contributed by atoms with Gasteiger partial charge in [0.2, 0.25) is 0 Å². The number of hydrogen-bond donors (Lipinski definition) is 2. The van der Waals surface area contributed by atoms with E-state index in [1.165, 1.54) is 17.5 Å². The fourth-order valence-electron chi connectivity index (χ4n) is 2.44. The fraction of sp³-hybridized carbons (Fsp3) is 0.500. The maximum Gasteiger partial charge on any atom is 0.333 e. The zero-order valence-corrected chi connectivity index (χ0v) is 10.2. The zero-order chi connectivity index (χ0) is 12.6. The molecule has 0 bridgehead atoms. The van der Waals surface area contributed by atoms with Gasteiger partial charge in [-0.2, -0.15) is 0 Å². The van der Waals surface area contributed by atoms with E-state index in [-0.39, 0.29) is 0 Å². The smallest absolute Gasteiger partial charge is 0.333 e. The van der Waals surface area contributed by atoms with Crippen molar-refractivity contribution >= 4 is 5.97 Å². The van der Waals surface area contributed by atoms with E-state index in [0.717, 1.165) is 18.4 Å². The van der Waals surface area contributed by atoms with Crippen molar-refractivity contribution in [1.82, 2.24) is 0 Å². The number of hydrogen-bond acceptors (Lipinski definition) is 2. The molecule has 0 saturated heterocycles. The van der Waals surface area contributed by atoms with Gasteiger partial charge in [0, 0.05) is 5.41 Å². The summed E-state index contributed by atoms with van der Waals surface area (Å²) in [5, 5.41) is 18.7. The van der Waals surface area contributed by atoms with Gasteiger partial charge in [-0.1, -0.05) is 32.0 Å². The van der Waals surface area contributed by atoms with Gasteiger partial charge in [-0.3, -0.25) is 0 Å². The van der Waals surface area contributed by atoms with Crippen LogP contribution in [0.2, 0.25) is 0 Å². The van der Waals surface area contributed by atoms with Gasteiger partial charge < -0.3 is 10.2 Å². The number of rotatable bonds is 3. The molecule has 17 heavy (non-hydrogen) atoms. The summed E-state index contributed by atoms with van der Waals surface area (Å²) in [6.07, 6.45) is 1.96. The number of aryl methyl sites for hydroxylation is 2. The van der Waals surface area contributed by atoms with Crippen molar-refractivity contribution in [2.45, 2.75) is 44.6 Å². The lowest BCUT2D eigenvalue weighted by Gasteiger charge is -2.28. The summed E-state index contributed by atoms with van der Waals surface area (Å²) in [5.74, 6) is -1.17. The lowest BCUT2D eigenvalue weighted by atomic mass is 9.78. The number of aliphatic hydroxyl groups is 1. The van der Waals surface area contributed by atoms with Crippen LogP contribution in [-0.2, 0) is 23.1 Å². The second kappa shape index (κ2) is 4.15. The molecule has 1 unspecified atom stereocenters. The highest BCUT2D eigenvalue weighted by molar-refractivity contribution is 5.74. The Morgan fingerprint density at radius 2 is 1.94 bits per heavy atom.